The average molecular weight is 299 g/mol. The van der Waals surface area contributed by atoms with Gasteiger partial charge in [0.2, 0.25) is 0 Å². The molecule has 1 aromatic carbocycles. The highest BCUT2D eigenvalue weighted by molar-refractivity contribution is 6.42. The summed E-state index contributed by atoms with van der Waals surface area (Å²) in [6.07, 6.45) is -5.35. The summed E-state index contributed by atoms with van der Waals surface area (Å²) < 4.78 is 37.0. The lowest BCUT2D eigenvalue weighted by Crippen LogP contribution is -2.09. The summed E-state index contributed by atoms with van der Waals surface area (Å²) in [4.78, 5) is 10.5. The maximum atomic E-state index is 12.3. The number of rotatable bonds is 3. The van der Waals surface area contributed by atoms with Crippen LogP contribution in [-0.4, -0.2) is 17.3 Å². The number of carbonyl (C=O) groups is 1. The molecule has 2 nitrogen and oxygen atoms in total. The molecule has 0 amide bonds. The zero-order valence-corrected chi connectivity index (χ0v) is 10.3. The van der Waals surface area contributed by atoms with E-state index in [2.05, 4.69) is 0 Å². The molecule has 0 heterocycles. The van der Waals surface area contributed by atoms with Crippen molar-refractivity contribution < 1.29 is 23.1 Å². The third-order valence-corrected chi connectivity index (χ3v) is 2.72. The minimum Gasteiger partial charge on any atom is -0.478 e. The molecule has 0 unspecified atom stereocenters. The predicted octanol–water partition coefficient (Wildman–Crippen LogP) is 4.41. The van der Waals surface area contributed by atoms with Crippen molar-refractivity contribution in [2.24, 2.45) is 0 Å². The predicted molar refractivity (Wildman–Crippen MR) is 62.7 cm³/mol. The normalized spacial score (nSPS) is 12.6. The Morgan fingerprint density at radius 2 is 1.89 bits per heavy atom. The lowest BCUT2D eigenvalue weighted by molar-refractivity contribution is -0.131. The number of hydrogen-bond acceptors (Lipinski definition) is 1. The van der Waals surface area contributed by atoms with Crippen molar-refractivity contribution in [1.82, 2.24) is 0 Å². The molecule has 0 aromatic heterocycles. The number of carboxylic acid groups (broad SMARTS) is 1. The highest BCUT2D eigenvalue weighted by atomic mass is 35.5. The summed E-state index contributed by atoms with van der Waals surface area (Å²) in [7, 11) is 0. The maximum absolute atomic E-state index is 12.3. The summed E-state index contributed by atoms with van der Waals surface area (Å²) in [6.45, 7) is 0. The Morgan fingerprint density at radius 1 is 1.28 bits per heavy atom. The van der Waals surface area contributed by atoms with Crippen molar-refractivity contribution in [1.29, 1.82) is 0 Å². The second kappa shape index (κ2) is 5.63. The molecule has 0 radical (unpaired) electrons. The number of aliphatic carboxylic acids is 1. The van der Waals surface area contributed by atoms with Gasteiger partial charge >= 0.3 is 12.1 Å². The fourth-order valence-electron chi connectivity index (χ4n) is 1.30. The highest BCUT2D eigenvalue weighted by Crippen LogP contribution is 2.33. The quantitative estimate of drug-likeness (QED) is 0.839. The molecule has 0 spiro atoms. The van der Waals surface area contributed by atoms with Crippen LogP contribution in [0.25, 0.3) is 5.57 Å². The molecule has 1 rings (SSSR count). The molecule has 98 valence electrons. The Kier molecular flexibility index (Phi) is 4.65. The first-order chi connectivity index (χ1) is 8.19. The van der Waals surface area contributed by atoms with E-state index in [1.54, 1.807) is 0 Å². The van der Waals surface area contributed by atoms with Gasteiger partial charge in [-0.05, 0) is 23.3 Å². The number of benzene rings is 1. The number of alkyl halides is 3. The molecule has 1 aromatic rings. The Bertz CT molecular complexity index is 496. The van der Waals surface area contributed by atoms with E-state index >= 15 is 0 Å². The van der Waals surface area contributed by atoms with Crippen molar-refractivity contribution in [3.05, 3.63) is 39.9 Å². The molecule has 0 aliphatic carbocycles. The molecule has 7 heteroatoms. The van der Waals surface area contributed by atoms with E-state index in [0.717, 1.165) is 0 Å². The molecule has 0 fully saturated rings. The number of allylic oxidation sites excluding steroid dienone is 1. The molecular weight excluding hydrogens is 292 g/mol. The molecule has 0 atom stereocenters. The maximum Gasteiger partial charge on any atom is 0.393 e. The molecule has 18 heavy (non-hydrogen) atoms. The van der Waals surface area contributed by atoms with E-state index in [1.807, 2.05) is 0 Å². The SMILES string of the molecule is O=C(O)/C=C(\CC(F)(F)F)c1ccc(Cl)c(Cl)c1. The zero-order valence-electron chi connectivity index (χ0n) is 8.76. The largest absolute Gasteiger partial charge is 0.478 e. The van der Waals surface area contributed by atoms with Gasteiger partial charge in [-0.15, -0.1) is 0 Å². The lowest BCUT2D eigenvalue weighted by atomic mass is 10.0. The van der Waals surface area contributed by atoms with Gasteiger partial charge in [0.15, 0.2) is 0 Å². The Morgan fingerprint density at radius 3 is 2.33 bits per heavy atom. The molecule has 0 aliphatic heterocycles. The van der Waals surface area contributed by atoms with Crippen LogP contribution in [0.1, 0.15) is 12.0 Å². The summed E-state index contributed by atoms with van der Waals surface area (Å²) in [5.74, 6) is -1.46. The first kappa shape index (κ1) is 14.9. The van der Waals surface area contributed by atoms with Crippen LogP contribution >= 0.6 is 23.2 Å². The van der Waals surface area contributed by atoms with E-state index in [1.165, 1.54) is 18.2 Å². The third-order valence-electron chi connectivity index (χ3n) is 1.98. The van der Waals surface area contributed by atoms with Crippen molar-refractivity contribution in [2.45, 2.75) is 12.6 Å². The van der Waals surface area contributed by atoms with Gasteiger partial charge in [0, 0.05) is 6.08 Å². The average Bonchev–Trinajstić information content (AvgIpc) is 2.18. The Hall–Kier alpha value is -1.20. The fourth-order valence-corrected chi connectivity index (χ4v) is 1.60. The van der Waals surface area contributed by atoms with E-state index in [0.29, 0.717) is 6.08 Å². The van der Waals surface area contributed by atoms with Crippen LogP contribution in [0, 0.1) is 0 Å². The van der Waals surface area contributed by atoms with Crippen molar-refractivity contribution in [2.75, 3.05) is 0 Å². The minimum atomic E-state index is -4.51. The van der Waals surface area contributed by atoms with Gasteiger partial charge < -0.3 is 5.11 Å². The van der Waals surface area contributed by atoms with Crippen LogP contribution in [0.4, 0.5) is 13.2 Å². The van der Waals surface area contributed by atoms with E-state index < -0.39 is 18.6 Å². The van der Waals surface area contributed by atoms with Gasteiger partial charge in [-0.3, -0.25) is 0 Å². The molecule has 0 saturated heterocycles. The van der Waals surface area contributed by atoms with Crippen LogP contribution in [0.3, 0.4) is 0 Å². The van der Waals surface area contributed by atoms with Crippen molar-refractivity contribution in [3.8, 4) is 0 Å². The van der Waals surface area contributed by atoms with Crippen LogP contribution in [0.5, 0.6) is 0 Å². The summed E-state index contributed by atoms with van der Waals surface area (Å²) in [6, 6.07) is 3.80. The molecule has 0 aliphatic rings. The van der Waals surface area contributed by atoms with Gasteiger partial charge in [-0.1, -0.05) is 29.3 Å². The molecule has 0 saturated carbocycles. The van der Waals surface area contributed by atoms with Crippen LogP contribution in [0.15, 0.2) is 24.3 Å². The topological polar surface area (TPSA) is 37.3 Å². The van der Waals surface area contributed by atoms with Crippen LogP contribution in [-0.2, 0) is 4.79 Å². The minimum absolute atomic E-state index is 0.0626. The van der Waals surface area contributed by atoms with Gasteiger partial charge in [0.05, 0.1) is 16.5 Å². The van der Waals surface area contributed by atoms with Crippen molar-refractivity contribution in [3.63, 3.8) is 0 Å². The smallest absolute Gasteiger partial charge is 0.393 e. The van der Waals surface area contributed by atoms with Gasteiger partial charge in [0.1, 0.15) is 0 Å². The number of hydrogen-bond donors (Lipinski definition) is 1. The van der Waals surface area contributed by atoms with E-state index in [9.17, 15) is 18.0 Å². The zero-order chi connectivity index (χ0) is 13.9. The van der Waals surface area contributed by atoms with E-state index in [4.69, 9.17) is 28.3 Å². The molecular formula is C11H7Cl2F3O2. The second-order valence-corrected chi connectivity index (χ2v) is 4.24. The number of carboxylic acids is 1. The Labute approximate surface area is 111 Å². The second-order valence-electron chi connectivity index (χ2n) is 3.43. The summed E-state index contributed by atoms with van der Waals surface area (Å²) in [5, 5.41) is 8.81. The molecule has 0 bridgehead atoms. The standard InChI is InChI=1S/C11H7Cl2F3O2/c12-8-2-1-6(3-9(8)13)7(4-10(17)18)5-11(14,15)16/h1-4H,5H2,(H,17,18)/b7-4+. The first-order valence-electron chi connectivity index (χ1n) is 4.65. The highest BCUT2D eigenvalue weighted by Gasteiger charge is 2.29. The first-order valence-corrected chi connectivity index (χ1v) is 5.40. The summed E-state index contributed by atoms with van der Waals surface area (Å²) in [5.41, 5.74) is -0.308. The lowest BCUT2D eigenvalue weighted by Gasteiger charge is -2.11. The van der Waals surface area contributed by atoms with Gasteiger partial charge in [0.25, 0.3) is 0 Å². The third kappa shape index (κ3) is 4.58. The Balaban J connectivity index is 3.18. The van der Waals surface area contributed by atoms with E-state index in [-0.39, 0.29) is 21.2 Å². The van der Waals surface area contributed by atoms with Gasteiger partial charge in [-0.25, -0.2) is 4.79 Å². The van der Waals surface area contributed by atoms with Gasteiger partial charge in [-0.2, -0.15) is 13.2 Å². The monoisotopic (exact) mass is 298 g/mol. The fraction of sp³-hybridized carbons (Fsp3) is 0.182. The van der Waals surface area contributed by atoms with Crippen LogP contribution in [0.2, 0.25) is 10.0 Å². The summed E-state index contributed by atoms with van der Waals surface area (Å²) >= 11 is 11.3. The molecule has 1 N–H and O–H groups in total. The van der Waals surface area contributed by atoms with Crippen LogP contribution < -0.4 is 0 Å². The van der Waals surface area contributed by atoms with Crippen molar-refractivity contribution >= 4 is 34.7 Å². The number of halogens is 5.